The van der Waals surface area contributed by atoms with Crippen LogP contribution in [0.5, 0.6) is 0 Å². The van der Waals surface area contributed by atoms with Crippen LogP contribution < -0.4 is 5.43 Å². The molecule has 15 heavy (non-hydrogen) atoms. The van der Waals surface area contributed by atoms with Crippen molar-refractivity contribution in [2.45, 2.75) is 0 Å². The summed E-state index contributed by atoms with van der Waals surface area (Å²) >= 11 is 1.97. The molecule has 6 heteroatoms. The first-order valence-electron chi connectivity index (χ1n) is 3.76. The number of hydrogen-bond donors (Lipinski definition) is 1. The van der Waals surface area contributed by atoms with E-state index in [-0.39, 0.29) is 11.4 Å². The molecule has 0 fully saturated rings. The Morgan fingerprint density at radius 2 is 2.07 bits per heavy atom. The van der Waals surface area contributed by atoms with Crippen LogP contribution in [0.15, 0.2) is 23.3 Å². The predicted molar refractivity (Wildman–Crippen MR) is 61.4 cm³/mol. The van der Waals surface area contributed by atoms with E-state index in [1.165, 1.54) is 12.1 Å². The Kier molecular flexibility index (Phi) is 4.01. The smallest absolute Gasteiger partial charge is 0.237 e. The minimum absolute atomic E-state index is 0.124. The first kappa shape index (κ1) is 11.4. The minimum Gasteiger partial charge on any atom is -0.274 e. The molecular weight excluding hydrogens is 310 g/mol. The van der Waals surface area contributed by atoms with Crippen molar-refractivity contribution in [3.8, 4) is 12.1 Å². The van der Waals surface area contributed by atoms with Gasteiger partial charge in [-0.25, -0.2) is 4.39 Å². The molecule has 0 aromatic heterocycles. The topological polar surface area (TPSA) is 72.0 Å². The van der Waals surface area contributed by atoms with Crippen LogP contribution in [0.2, 0.25) is 0 Å². The molecule has 0 bridgehead atoms. The Bertz CT molecular complexity index is 468. The monoisotopic (exact) mass is 314 g/mol. The zero-order valence-electron chi connectivity index (χ0n) is 7.33. The summed E-state index contributed by atoms with van der Waals surface area (Å²) in [5.41, 5.74) is 2.08. The Morgan fingerprint density at radius 1 is 1.40 bits per heavy atom. The lowest BCUT2D eigenvalue weighted by molar-refractivity contribution is 0.630. The second-order valence-corrected chi connectivity index (χ2v) is 3.67. The van der Waals surface area contributed by atoms with Gasteiger partial charge in [-0.3, -0.25) is 5.43 Å². The Hall–Kier alpha value is -1.67. The zero-order valence-corrected chi connectivity index (χ0v) is 9.49. The Labute approximate surface area is 99.2 Å². The third kappa shape index (κ3) is 3.18. The summed E-state index contributed by atoms with van der Waals surface area (Å²) in [6, 6.07) is 7.59. The van der Waals surface area contributed by atoms with Gasteiger partial charge in [0.05, 0.1) is 5.69 Å². The largest absolute Gasteiger partial charge is 0.274 e. The number of nitriles is 2. The summed E-state index contributed by atoms with van der Waals surface area (Å²) in [5, 5.41) is 20.2. The number of nitrogens with zero attached hydrogens (tertiary/aromatic N) is 3. The molecule has 0 aliphatic rings. The predicted octanol–water partition coefficient (Wildman–Crippen LogP) is 2.25. The van der Waals surface area contributed by atoms with E-state index in [1.807, 2.05) is 22.6 Å². The van der Waals surface area contributed by atoms with Crippen LogP contribution >= 0.6 is 22.6 Å². The molecule has 0 spiro atoms. The molecule has 0 atom stereocenters. The van der Waals surface area contributed by atoms with Gasteiger partial charge in [0.2, 0.25) is 5.71 Å². The van der Waals surface area contributed by atoms with Crippen LogP contribution in [0.4, 0.5) is 10.1 Å². The second kappa shape index (κ2) is 5.27. The van der Waals surface area contributed by atoms with Gasteiger partial charge in [0.1, 0.15) is 18.0 Å². The quantitative estimate of drug-likeness (QED) is 0.517. The fourth-order valence-corrected chi connectivity index (χ4v) is 1.22. The lowest BCUT2D eigenvalue weighted by atomic mass is 10.3. The van der Waals surface area contributed by atoms with Crippen molar-refractivity contribution >= 4 is 34.0 Å². The normalized spacial score (nSPS) is 8.53. The first-order chi connectivity index (χ1) is 7.17. The number of halogens is 2. The van der Waals surface area contributed by atoms with Gasteiger partial charge in [0.25, 0.3) is 0 Å². The van der Waals surface area contributed by atoms with Crippen molar-refractivity contribution in [1.82, 2.24) is 0 Å². The van der Waals surface area contributed by atoms with Crippen molar-refractivity contribution in [3.63, 3.8) is 0 Å². The van der Waals surface area contributed by atoms with Crippen LogP contribution in [-0.4, -0.2) is 5.71 Å². The van der Waals surface area contributed by atoms with Gasteiger partial charge in [-0.05, 0) is 40.8 Å². The molecule has 0 amide bonds. The molecule has 4 nitrogen and oxygen atoms in total. The third-order valence-electron chi connectivity index (χ3n) is 1.43. The van der Waals surface area contributed by atoms with Crippen molar-refractivity contribution in [2.75, 3.05) is 5.43 Å². The molecule has 0 saturated heterocycles. The highest BCUT2D eigenvalue weighted by Gasteiger charge is 2.01. The lowest BCUT2D eigenvalue weighted by Crippen LogP contribution is -1.98. The first-order valence-corrected chi connectivity index (χ1v) is 4.84. The molecular formula is C9H4FIN4. The van der Waals surface area contributed by atoms with Gasteiger partial charge in [-0.2, -0.15) is 15.6 Å². The average molecular weight is 314 g/mol. The van der Waals surface area contributed by atoms with Crippen LogP contribution in [-0.2, 0) is 0 Å². The van der Waals surface area contributed by atoms with Gasteiger partial charge in [-0.1, -0.05) is 0 Å². The molecule has 0 unspecified atom stereocenters. The van der Waals surface area contributed by atoms with Crippen molar-refractivity contribution in [2.24, 2.45) is 5.10 Å². The third-order valence-corrected chi connectivity index (χ3v) is 2.10. The number of rotatable bonds is 2. The van der Waals surface area contributed by atoms with Gasteiger partial charge in [0.15, 0.2) is 0 Å². The summed E-state index contributed by atoms with van der Waals surface area (Å²) in [6.07, 6.45) is 0. The molecule has 0 aliphatic carbocycles. The second-order valence-electron chi connectivity index (χ2n) is 2.42. The number of nitrogens with one attached hydrogen (secondary N) is 1. The summed E-state index contributed by atoms with van der Waals surface area (Å²) in [5.74, 6) is -0.485. The fraction of sp³-hybridized carbons (Fsp3) is 0. The number of anilines is 1. The van der Waals surface area contributed by atoms with Gasteiger partial charge >= 0.3 is 0 Å². The van der Waals surface area contributed by atoms with Crippen LogP contribution in [0.3, 0.4) is 0 Å². The Morgan fingerprint density at radius 3 is 2.60 bits per heavy atom. The Balaban J connectivity index is 2.89. The number of benzene rings is 1. The summed E-state index contributed by atoms with van der Waals surface area (Å²) < 4.78 is 14.0. The summed E-state index contributed by atoms with van der Waals surface area (Å²) in [6.45, 7) is 0. The maximum absolute atomic E-state index is 13.2. The van der Waals surface area contributed by atoms with Gasteiger partial charge in [-0.15, -0.1) is 0 Å². The summed E-state index contributed by atoms with van der Waals surface area (Å²) in [4.78, 5) is 0. The molecule has 1 aromatic rings. The zero-order chi connectivity index (χ0) is 11.3. The van der Waals surface area contributed by atoms with Gasteiger partial charge < -0.3 is 0 Å². The molecule has 1 rings (SSSR count). The maximum atomic E-state index is 13.2. The molecule has 0 aliphatic heterocycles. The van der Waals surface area contributed by atoms with E-state index < -0.39 is 5.82 Å². The highest BCUT2D eigenvalue weighted by molar-refractivity contribution is 14.1. The van der Waals surface area contributed by atoms with Crippen molar-refractivity contribution in [1.29, 1.82) is 10.5 Å². The highest BCUT2D eigenvalue weighted by Crippen LogP contribution is 2.16. The standard InChI is InChI=1S/C9H4FIN4/c10-8-3-6(11)1-2-9(8)15-14-7(4-12)5-13/h1-3,15H. The van der Waals surface area contributed by atoms with E-state index in [2.05, 4.69) is 10.5 Å². The van der Waals surface area contributed by atoms with Crippen molar-refractivity contribution < 1.29 is 4.39 Å². The van der Waals surface area contributed by atoms with Crippen molar-refractivity contribution in [3.05, 3.63) is 27.6 Å². The molecule has 74 valence electrons. The number of hydrazone groups is 1. The summed E-state index contributed by atoms with van der Waals surface area (Å²) in [7, 11) is 0. The van der Waals surface area contributed by atoms with E-state index in [0.29, 0.717) is 0 Å². The molecule has 1 aromatic carbocycles. The molecule has 0 saturated carbocycles. The minimum atomic E-state index is -0.485. The van der Waals surface area contributed by atoms with Crippen LogP contribution in [0.1, 0.15) is 0 Å². The molecule has 0 heterocycles. The number of hydrogen-bond acceptors (Lipinski definition) is 4. The maximum Gasteiger partial charge on any atom is 0.237 e. The van der Waals surface area contributed by atoms with E-state index >= 15 is 0 Å². The van der Waals surface area contributed by atoms with E-state index in [0.717, 1.165) is 3.57 Å². The lowest BCUT2D eigenvalue weighted by Gasteiger charge is -2.01. The van der Waals surface area contributed by atoms with Crippen LogP contribution in [0, 0.1) is 32.0 Å². The SMILES string of the molecule is N#CC(C#N)=NNc1ccc(I)cc1F. The molecule has 1 N–H and O–H groups in total. The van der Waals surface area contributed by atoms with Gasteiger partial charge in [0, 0.05) is 3.57 Å². The van der Waals surface area contributed by atoms with Crippen LogP contribution in [0.25, 0.3) is 0 Å². The highest BCUT2D eigenvalue weighted by atomic mass is 127. The van der Waals surface area contributed by atoms with E-state index in [4.69, 9.17) is 10.5 Å². The molecule has 0 radical (unpaired) electrons. The fourth-order valence-electron chi connectivity index (χ4n) is 0.771. The van der Waals surface area contributed by atoms with E-state index in [1.54, 1.807) is 18.2 Å². The average Bonchev–Trinajstić information content (AvgIpc) is 2.22. The van der Waals surface area contributed by atoms with E-state index in [9.17, 15) is 4.39 Å².